The Hall–Kier alpha value is -7.84. The summed E-state index contributed by atoms with van der Waals surface area (Å²) < 4.78 is 17.6. The van der Waals surface area contributed by atoms with Crippen LogP contribution in [0.25, 0.3) is 44.8 Å². The number of anilines is 6. The van der Waals surface area contributed by atoms with Gasteiger partial charge in [-0.05, 0) is 60.7 Å². The average Bonchev–Trinajstić information content (AvgIpc) is 3.91. The van der Waals surface area contributed by atoms with Gasteiger partial charge in [0.1, 0.15) is 0 Å². The number of hydrogen-bond donors (Lipinski definition) is 0. The van der Waals surface area contributed by atoms with Crippen LogP contribution in [0.3, 0.4) is 0 Å². The Morgan fingerprint density at radius 1 is 0.339 bits per heavy atom. The second-order valence-electron chi connectivity index (χ2n) is 13.9. The lowest BCUT2D eigenvalue weighted by molar-refractivity contribution is 0.476. The maximum absolute atomic E-state index is 6.56. The fraction of sp³-hybridized carbons (Fsp3) is 0. The number of imidazole rings is 2. The number of aromatic nitrogens is 4. The Kier molecular flexibility index (Phi) is 6.47. The first-order valence-corrected chi connectivity index (χ1v) is 18.6. The maximum Gasteiger partial charge on any atom is 0.182 e. The van der Waals surface area contributed by atoms with Gasteiger partial charge in [0.05, 0.1) is 68.9 Å². The number of hydrogen-bond acceptors (Lipinski definition) is 6. The quantitative estimate of drug-likeness (QED) is 0.180. The molecule has 0 amide bonds. The maximum atomic E-state index is 6.56. The van der Waals surface area contributed by atoms with Crippen LogP contribution >= 0.6 is 0 Å². The van der Waals surface area contributed by atoms with Crippen molar-refractivity contribution < 1.29 is 9.47 Å². The smallest absolute Gasteiger partial charge is 0.182 e. The van der Waals surface area contributed by atoms with E-state index in [-0.39, 0.29) is 0 Å². The van der Waals surface area contributed by atoms with Crippen molar-refractivity contribution in [2.24, 2.45) is 0 Å². The zero-order chi connectivity index (χ0) is 36.7. The Balaban J connectivity index is 1.28. The van der Waals surface area contributed by atoms with Crippen LogP contribution < -0.4 is 19.3 Å². The van der Waals surface area contributed by atoms with Gasteiger partial charge in [0.25, 0.3) is 0 Å². The summed E-state index contributed by atoms with van der Waals surface area (Å²) in [4.78, 5) is 14.8. The molecule has 0 saturated heterocycles. The van der Waals surface area contributed by atoms with E-state index in [1.807, 2.05) is 73.1 Å². The minimum absolute atomic E-state index is 0.766. The van der Waals surface area contributed by atoms with Crippen molar-refractivity contribution in [3.8, 4) is 45.5 Å². The summed E-state index contributed by atoms with van der Waals surface area (Å²) in [7, 11) is 0. The van der Waals surface area contributed by atoms with Gasteiger partial charge < -0.3 is 19.3 Å². The lowest BCUT2D eigenvalue weighted by Crippen LogP contribution is -2.21. The highest BCUT2D eigenvalue weighted by molar-refractivity contribution is 6.04. The third kappa shape index (κ3) is 4.41. The second kappa shape index (κ2) is 11.8. The van der Waals surface area contributed by atoms with Crippen molar-refractivity contribution in [2.45, 2.75) is 0 Å². The molecule has 0 bridgehead atoms. The van der Waals surface area contributed by atoms with Gasteiger partial charge in [-0.1, -0.05) is 109 Å². The Bertz CT molecular complexity index is 2870. The minimum atomic E-state index is 0.766. The Labute approximate surface area is 321 Å². The van der Waals surface area contributed by atoms with Crippen molar-refractivity contribution in [3.05, 3.63) is 182 Å². The van der Waals surface area contributed by atoms with E-state index in [0.29, 0.717) is 0 Å². The van der Waals surface area contributed by atoms with Gasteiger partial charge in [-0.15, -0.1) is 0 Å². The molecular formula is C48H30N6O2. The monoisotopic (exact) mass is 722 g/mol. The van der Waals surface area contributed by atoms with Gasteiger partial charge in [0.15, 0.2) is 34.3 Å². The largest absolute Gasteiger partial charge is 0.453 e. The van der Waals surface area contributed by atoms with Gasteiger partial charge in [0, 0.05) is 11.1 Å². The van der Waals surface area contributed by atoms with E-state index in [4.69, 9.17) is 19.4 Å². The second-order valence-corrected chi connectivity index (χ2v) is 13.9. The first-order valence-electron chi connectivity index (χ1n) is 18.6. The number of para-hydroxylation sites is 8. The normalized spacial score (nSPS) is 12.9. The molecule has 7 aromatic carbocycles. The highest BCUT2D eigenvalue weighted by Gasteiger charge is 2.34. The van der Waals surface area contributed by atoms with Crippen LogP contribution in [-0.4, -0.2) is 18.8 Å². The van der Waals surface area contributed by atoms with E-state index in [0.717, 1.165) is 102 Å². The molecule has 8 heteroatoms. The van der Waals surface area contributed by atoms with E-state index in [1.165, 1.54) is 0 Å². The lowest BCUT2D eigenvalue weighted by atomic mass is 10.1. The molecule has 0 N–H and O–H groups in total. The van der Waals surface area contributed by atoms with Crippen LogP contribution in [0.5, 0.6) is 23.0 Å². The van der Waals surface area contributed by atoms with Gasteiger partial charge in [0.2, 0.25) is 0 Å². The van der Waals surface area contributed by atoms with Crippen molar-refractivity contribution >= 4 is 56.5 Å². The summed E-state index contributed by atoms with van der Waals surface area (Å²) in [5.74, 6) is 3.09. The molecule has 10 aromatic rings. The molecule has 8 nitrogen and oxygen atoms in total. The Morgan fingerprint density at radius 2 is 0.661 bits per heavy atom. The number of fused-ring (bicyclic) bond motifs is 10. The van der Waals surface area contributed by atoms with Crippen LogP contribution in [0.2, 0.25) is 0 Å². The van der Waals surface area contributed by atoms with Crippen molar-refractivity contribution in [3.63, 3.8) is 0 Å². The fourth-order valence-corrected chi connectivity index (χ4v) is 8.33. The number of nitrogens with zero attached hydrogens (tertiary/aromatic N) is 6. The molecule has 0 fully saturated rings. The number of rotatable bonds is 4. The molecule has 0 atom stereocenters. The van der Waals surface area contributed by atoms with E-state index in [9.17, 15) is 0 Å². The minimum Gasteiger partial charge on any atom is -0.453 e. The summed E-state index contributed by atoms with van der Waals surface area (Å²) in [6.45, 7) is 0. The van der Waals surface area contributed by atoms with Crippen LogP contribution in [0, 0.1) is 0 Å². The molecule has 3 aromatic heterocycles. The van der Waals surface area contributed by atoms with E-state index in [2.05, 4.69) is 128 Å². The number of ether oxygens (including phenoxy) is 2. The standard InChI is InChI=1S/C48H30N6O2/c1-3-15-31(16-4-1)41-29-49-47-48-50-30-42(32-17-5-2-6-18-32)54(48)40-28-38(52-35-21-9-13-25-45(35)56-46-26-14-10-22-36(46)52)37(27-39(40)53(41)47)51-33-19-7-11-23-43(33)55-44-24-12-8-20-34(44)51/h1-30H. The van der Waals surface area contributed by atoms with Gasteiger partial charge >= 0.3 is 0 Å². The van der Waals surface area contributed by atoms with Gasteiger partial charge in [-0.2, -0.15) is 0 Å². The average molecular weight is 723 g/mol. The first-order chi connectivity index (χ1) is 27.8. The van der Waals surface area contributed by atoms with Crippen molar-refractivity contribution in [2.75, 3.05) is 9.80 Å². The molecule has 0 spiro atoms. The molecule has 0 aliphatic carbocycles. The number of benzene rings is 7. The molecule has 12 rings (SSSR count). The summed E-state index contributed by atoms with van der Waals surface area (Å²) in [5, 5.41) is 0. The zero-order valence-electron chi connectivity index (χ0n) is 29.8. The van der Waals surface area contributed by atoms with E-state index >= 15 is 0 Å². The van der Waals surface area contributed by atoms with Crippen LogP contribution in [0.1, 0.15) is 0 Å². The summed E-state index contributed by atoms with van der Waals surface area (Å²) in [6, 6.07) is 58.4. The molecule has 0 radical (unpaired) electrons. The van der Waals surface area contributed by atoms with Crippen LogP contribution in [0.4, 0.5) is 34.1 Å². The van der Waals surface area contributed by atoms with E-state index in [1.54, 1.807) is 0 Å². The molecule has 56 heavy (non-hydrogen) atoms. The highest BCUT2D eigenvalue weighted by atomic mass is 16.5. The lowest BCUT2D eigenvalue weighted by Gasteiger charge is -2.38. The van der Waals surface area contributed by atoms with Crippen molar-refractivity contribution in [1.29, 1.82) is 0 Å². The molecule has 0 unspecified atom stereocenters. The van der Waals surface area contributed by atoms with Crippen LogP contribution in [-0.2, 0) is 0 Å². The summed E-state index contributed by atoms with van der Waals surface area (Å²) >= 11 is 0. The predicted octanol–water partition coefficient (Wildman–Crippen LogP) is 12.6. The highest BCUT2D eigenvalue weighted by Crippen LogP contribution is 2.57. The Morgan fingerprint density at radius 3 is 1.02 bits per heavy atom. The molecular weight excluding hydrogens is 693 g/mol. The molecule has 2 aliphatic heterocycles. The summed E-state index contributed by atoms with van der Waals surface area (Å²) in [5.41, 5.74) is 13.1. The van der Waals surface area contributed by atoms with Gasteiger partial charge in [-0.3, -0.25) is 8.80 Å². The van der Waals surface area contributed by atoms with Crippen LogP contribution in [0.15, 0.2) is 182 Å². The van der Waals surface area contributed by atoms with Gasteiger partial charge in [-0.25, -0.2) is 9.97 Å². The third-order valence-electron chi connectivity index (χ3n) is 10.8. The predicted molar refractivity (Wildman–Crippen MR) is 222 cm³/mol. The fourth-order valence-electron chi connectivity index (χ4n) is 8.33. The zero-order valence-corrected chi connectivity index (χ0v) is 29.8. The van der Waals surface area contributed by atoms with Crippen molar-refractivity contribution in [1.82, 2.24) is 18.8 Å². The molecule has 2 aliphatic rings. The third-order valence-corrected chi connectivity index (χ3v) is 10.8. The topological polar surface area (TPSA) is 59.5 Å². The molecule has 0 saturated carbocycles. The van der Waals surface area contributed by atoms with E-state index < -0.39 is 0 Å². The SMILES string of the molecule is c1ccc(-c2cnc3c4ncc(-c5ccccc5)n4c4cc(N5c6ccccc6Oc6ccccc65)c(N5c6ccccc6Oc6ccccc65)cc4n23)cc1. The first kappa shape index (κ1) is 30.6. The molecule has 264 valence electrons. The summed E-state index contributed by atoms with van der Waals surface area (Å²) in [6.07, 6.45) is 3.92. The molecule has 5 heterocycles.